The van der Waals surface area contributed by atoms with Crippen molar-refractivity contribution in [2.75, 3.05) is 80.7 Å². The van der Waals surface area contributed by atoms with Crippen molar-refractivity contribution in [1.29, 1.82) is 0 Å². The Morgan fingerprint density at radius 3 is 2.51 bits per heavy atom. The van der Waals surface area contributed by atoms with Crippen LogP contribution in [-0.2, 0) is 20.5 Å². The van der Waals surface area contributed by atoms with Crippen LogP contribution in [-0.4, -0.2) is 116 Å². The Labute approximate surface area is 214 Å². The largest absolute Gasteiger partial charge is 0.497 e. The van der Waals surface area contributed by atoms with E-state index in [1.165, 1.54) is 25.9 Å². The Morgan fingerprint density at radius 1 is 1.14 bits per heavy atom. The molecule has 1 aromatic carbocycles. The Bertz CT molecular complexity index is 860. The van der Waals surface area contributed by atoms with Crippen LogP contribution in [0.15, 0.2) is 17.0 Å². The molecule has 2 heterocycles. The first kappa shape index (κ1) is 28.1. The average Bonchev–Trinajstić information content (AvgIpc) is 3.28. The molecule has 2 fully saturated rings. The Balaban J connectivity index is 1.38. The minimum absolute atomic E-state index is 0.0138. The molecule has 1 amide bonds. The van der Waals surface area contributed by atoms with Crippen LogP contribution in [0.4, 0.5) is 0 Å². The molecule has 0 saturated carbocycles. The summed E-state index contributed by atoms with van der Waals surface area (Å²) in [5.41, 5.74) is 1.87. The van der Waals surface area contributed by atoms with E-state index >= 15 is 0 Å². The molecule has 2 aliphatic rings. The predicted octanol–water partition coefficient (Wildman–Crippen LogP) is 2.16. The van der Waals surface area contributed by atoms with Gasteiger partial charge in [0.05, 0.1) is 18.6 Å². The lowest BCUT2D eigenvalue weighted by Gasteiger charge is -2.32. The monoisotopic (exact) mass is 508 g/mol. The molecule has 8 nitrogen and oxygen atoms in total. The highest BCUT2D eigenvalue weighted by Gasteiger charge is 2.30. The lowest BCUT2D eigenvalue weighted by Crippen LogP contribution is -2.42. The molecular weight excluding hydrogens is 464 g/mol. The number of aryl methyl sites for hydroxylation is 2. The van der Waals surface area contributed by atoms with Crippen LogP contribution in [0.3, 0.4) is 0 Å². The van der Waals surface area contributed by atoms with E-state index in [1.54, 1.807) is 11.4 Å². The van der Waals surface area contributed by atoms with Gasteiger partial charge in [-0.05, 0) is 75.9 Å². The number of hydrogen-bond acceptors (Lipinski definition) is 6. The maximum absolute atomic E-state index is 13.0. The Kier molecular flexibility index (Phi) is 10.5. The van der Waals surface area contributed by atoms with Crippen LogP contribution in [0.1, 0.15) is 30.4 Å². The molecule has 2 aliphatic heterocycles. The number of piperidine rings is 1. The van der Waals surface area contributed by atoms with Crippen LogP contribution < -0.4 is 4.74 Å². The summed E-state index contributed by atoms with van der Waals surface area (Å²) in [6.07, 6.45) is 3.62. The fourth-order valence-electron chi connectivity index (χ4n) is 5.28. The van der Waals surface area contributed by atoms with E-state index in [-0.39, 0.29) is 18.6 Å². The van der Waals surface area contributed by atoms with Crippen molar-refractivity contribution in [3.8, 4) is 5.75 Å². The zero-order chi connectivity index (χ0) is 25.5. The normalized spacial score (nSPS) is 22.5. The van der Waals surface area contributed by atoms with E-state index < -0.39 is 11.0 Å². The second-order valence-corrected chi connectivity index (χ2v) is 11.8. The summed E-state index contributed by atoms with van der Waals surface area (Å²) in [5, 5.41) is 0. The topological polar surface area (TPSA) is 65.6 Å². The first-order valence-electron chi connectivity index (χ1n) is 12.7. The summed E-state index contributed by atoms with van der Waals surface area (Å²) in [7, 11) is 6.25. The van der Waals surface area contributed by atoms with E-state index in [0.717, 1.165) is 53.7 Å². The maximum Gasteiger partial charge on any atom is 0.248 e. The number of carbonyl (C=O) groups excluding carboxylic acids is 1. The third kappa shape index (κ3) is 7.73. The molecule has 198 valence electrons. The smallest absolute Gasteiger partial charge is 0.248 e. The van der Waals surface area contributed by atoms with Gasteiger partial charge >= 0.3 is 0 Å². The van der Waals surface area contributed by atoms with Gasteiger partial charge < -0.3 is 24.2 Å². The summed E-state index contributed by atoms with van der Waals surface area (Å²) < 4.78 is 25.8. The van der Waals surface area contributed by atoms with E-state index in [4.69, 9.17) is 9.47 Å². The third-order valence-electron chi connectivity index (χ3n) is 7.33. The van der Waals surface area contributed by atoms with Crippen LogP contribution in [0, 0.1) is 19.8 Å². The van der Waals surface area contributed by atoms with Gasteiger partial charge in [0.25, 0.3) is 0 Å². The highest BCUT2D eigenvalue weighted by Crippen LogP contribution is 2.25. The lowest BCUT2D eigenvalue weighted by molar-refractivity contribution is -0.136. The van der Waals surface area contributed by atoms with Gasteiger partial charge in [-0.15, -0.1) is 0 Å². The van der Waals surface area contributed by atoms with Crippen molar-refractivity contribution in [3.63, 3.8) is 0 Å². The van der Waals surface area contributed by atoms with Crippen molar-refractivity contribution in [2.45, 2.75) is 44.0 Å². The molecule has 35 heavy (non-hydrogen) atoms. The molecule has 0 spiro atoms. The third-order valence-corrected chi connectivity index (χ3v) is 9.07. The fraction of sp³-hybridized carbons (Fsp3) is 0.731. The summed E-state index contributed by atoms with van der Waals surface area (Å²) in [5.74, 6) is 1.52. The van der Waals surface area contributed by atoms with Gasteiger partial charge in [-0.25, -0.2) is 8.51 Å². The Morgan fingerprint density at radius 2 is 1.86 bits per heavy atom. The van der Waals surface area contributed by atoms with Crippen LogP contribution in [0.25, 0.3) is 0 Å². The zero-order valence-electron chi connectivity index (χ0n) is 22.4. The molecule has 3 atom stereocenters. The minimum Gasteiger partial charge on any atom is -0.497 e. The predicted molar refractivity (Wildman–Crippen MR) is 140 cm³/mol. The molecule has 0 aliphatic carbocycles. The Hall–Kier alpha value is -1.52. The molecule has 2 saturated heterocycles. The van der Waals surface area contributed by atoms with E-state index in [2.05, 4.69) is 16.8 Å². The van der Waals surface area contributed by atoms with Gasteiger partial charge in [0.1, 0.15) is 23.3 Å². The highest BCUT2D eigenvalue weighted by atomic mass is 32.2. The van der Waals surface area contributed by atoms with Crippen LogP contribution in [0.2, 0.25) is 0 Å². The lowest BCUT2D eigenvalue weighted by atomic mass is 9.98. The molecule has 1 aromatic rings. The molecule has 2 unspecified atom stereocenters. The number of rotatable bonds is 11. The average molecular weight is 509 g/mol. The number of methoxy groups -OCH3 is 1. The van der Waals surface area contributed by atoms with Gasteiger partial charge in [0.2, 0.25) is 5.91 Å². The second kappa shape index (κ2) is 13.1. The minimum atomic E-state index is -1.30. The molecule has 0 bridgehead atoms. The quantitative estimate of drug-likeness (QED) is 0.427. The second-order valence-electron chi connectivity index (χ2n) is 10.2. The summed E-state index contributed by atoms with van der Waals surface area (Å²) >= 11 is 0. The number of likely N-dealkylation sites (N-methyl/N-ethyl adjacent to an activating group) is 2. The molecule has 0 aromatic heterocycles. The van der Waals surface area contributed by atoms with Crippen molar-refractivity contribution in [3.05, 3.63) is 23.3 Å². The SMILES string of the molecule is COc1cc(C)c(S(=O)N(C)CCOCC(=O)N(C)[C@@H]2CCN(CC3CCCN(C)C3)C2)c(C)c1. The van der Waals surface area contributed by atoms with Gasteiger partial charge in [0.15, 0.2) is 0 Å². The van der Waals surface area contributed by atoms with E-state index in [1.807, 2.05) is 45.0 Å². The highest BCUT2D eigenvalue weighted by molar-refractivity contribution is 7.82. The first-order chi connectivity index (χ1) is 16.7. The van der Waals surface area contributed by atoms with Crippen molar-refractivity contribution < 1.29 is 18.5 Å². The molecule has 3 rings (SSSR count). The number of likely N-dealkylation sites (tertiary alicyclic amines) is 2. The fourth-order valence-corrected chi connectivity index (χ4v) is 6.50. The number of ether oxygens (including phenoxy) is 2. The number of carbonyl (C=O) groups is 1. The summed E-state index contributed by atoms with van der Waals surface area (Å²) in [6.45, 7) is 10.3. The molecule has 9 heteroatoms. The maximum atomic E-state index is 13.0. The van der Waals surface area contributed by atoms with Gasteiger partial charge in [-0.2, -0.15) is 0 Å². The molecular formula is C26H44N4O4S. The number of nitrogens with zero attached hydrogens (tertiary/aromatic N) is 4. The number of amides is 1. The summed E-state index contributed by atoms with van der Waals surface area (Å²) in [4.78, 5) is 20.3. The van der Waals surface area contributed by atoms with Gasteiger partial charge in [-0.3, -0.25) is 4.79 Å². The van der Waals surface area contributed by atoms with E-state index in [0.29, 0.717) is 13.2 Å². The number of benzene rings is 1. The van der Waals surface area contributed by atoms with Crippen molar-refractivity contribution in [2.24, 2.45) is 5.92 Å². The van der Waals surface area contributed by atoms with Gasteiger partial charge in [0, 0.05) is 52.9 Å². The standard InChI is InChI=1S/C26H44N4O4S/c1-20-14-24(33-6)15-21(2)26(20)35(32)28(4)12-13-34-19-25(31)29(5)23-9-11-30(18-23)17-22-8-7-10-27(3)16-22/h14-15,22-23H,7-13,16-19H2,1-6H3/t22?,23-,35?/m1/s1. The molecule has 0 N–H and O–H groups in total. The van der Waals surface area contributed by atoms with Crippen LogP contribution >= 0.6 is 0 Å². The molecule has 0 radical (unpaired) electrons. The van der Waals surface area contributed by atoms with E-state index in [9.17, 15) is 9.00 Å². The van der Waals surface area contributed by atoms with Gasteiger partial charge in [-0.1, -0.05) is 0 Å². The van der Waals surface area contributed by atoms with Crippen molar-refractivity contribution >= 4 is 16.9 Å². The van der Waals surface area contributed by atoms with Crippen molar-refractivity contribution in [1.82, 2.24) is 19.0 Å². The van der Waals surface area contributed by atoms with Crippen LogP contribution in [0.5, 0.6) is 5.75 Å². The zero-order valence-corrected chi connectivity index (χ0v) is 23.2. The number of hydrogen-bond donors (Lipinski definition) is 0. The first-order valence-corrected chi connectivity index (χ1v) is 13.8. The summed E-state index contributed by atoms with van der Waals surface area (Å²) in [6, 6.07) is 4.05.